The van der Waals surface area contributed by atoms with E-state index in [0.29, 0.717) is 13.1 Å². The maximum absolute atomic E-state index is 6.06. The van der Waals surface area contributed by atoms with Crippen molar-refractivity contribution in [3.8, 4) is 5.75 Å². The van der Waals surface area contributed by atoms with Crippen molar-refractivity contribution in [2.45, 2.75) is 78.4 Å². The number of hydrogen-bond acceptors (Lipinski definition) is 4. The molecule has 0 amide bonds. The lowest BCUT2D eigenvalue weighted by Crippen LogP contribution is -2.37. The Bertz CT molecular complexity index is 835. The Hall–Kier alpha value is -1.84. The molecule has 1 aromatic carbocycles. The topological polar surface area (TPSA) is 76.4 Å². The van der Waals surface area contributed by atoms with Crippen LogP contribution in [0, 0.1) is 6.92 Å². The summed E-state index contributed by atoms with van der Waals surface area (Å²) in [6.07, 6.45) is 8.16. The highest BCUT2D eigenvalue weighted by Crippen LogP contribution is 2.21. The van der Waals surface area contributed by atoms with Gasteiger partial charge in [-0.15, -0.1) is 34.2 Å². The van der Waals surface area contributed by atoms with E-state index in [1.807, 2.05) is 0 Å². The van der Waals surface area contributed by atoms with Gasteiger partial charge in [0.25, 0.3) is 0 Å². The number of fused-ring (bicyclic) bond motifs is 1. The van der Waals surface area contributed by atoms with E-state index in [-0.39, 0.29) is 24.0 Å². The van der Waals surface area contributed by atoms with Crippen molar-refractivity contribution in [2.24, 2.45) is 4.99 Å². The summed E-state index contributed by atoms with van der Waals surface area (Å²) in [5.74, 6) is 3.79. The normalized spacial score (nSPS) is 13.7. The summed E-state index contributed by atoms with van der Waals surface area (Å²) < 4.78 is 8.32. The monoisotopic (exact) mass is 540 g/mol. The zero-order chi connectivity index (χ0) is 21.2. The van der Waals surface area contributed by atoms with Crippen LogP contribution in [0.3, 0.4) is 0 Å². The maximum Gasteiger partial charge on any atom is 0.191 e. The van der Waals surface area contributed by atoms with Crippen LogP contribution in [-0.2, 0) is 26.1 Å². The predicted octanol–water partition coefficient (Wildman–Crippen LogP) is 4.37. The minimum Gasteiger partial charge on any atom is -0.493 e. The van der Waals surface area contributed by atoms with Crippen LogP contribution in [-0.4, -0.2) is 34.4 Å². The van der Waals surface area contributed by atoms with E-state index in [2.05, 4.69) is 62.4 Å². The van der Waals surface area contributed by atoms with Crippen LogP contribution in [0.15, 0.2) is 23.2 Å². The molecule has 0 unspecified atom stereocenters. The molecule has 1 aromatic heterocycles. The zero-order valence-corrected chi connectivity index (χ0v) is 21.4. The highest BCUT2D eigenvalue weighted by Gasteiger charge is 2.15. The second-order valence-corrected chi connectivity index (χ2v) is 7.94. The van der Waals surface area contributed by atoms with Crippen molar-refractivity contribution >= 4 is 29.9 Å². The molecule has 31 heavy (non-hydrogen) atoms. The third kappa shape index (κ3) is 7.66. The third-order valence-electron chi connectivity index (χ3n) is 5.50. The zero-order valence-electron chi connectivity index (χ0n) is 19.1. The van der Waals surface area contributed by atoms with E-state index >= 15 is 0 Å². The van der Waals surface area contributed by atoms with E-state index in [1.54, 1.807) is 7.05 Å². The quantitative estimate of drug-likeness (QED) is 0.214. The number of benzene rings is 1. The lowest BCUT2D eigenvalue weighted by molar-refractivity contribution is 0.303. The van der Waals surface area contributed by atoms with Gasteiger partial charge >= 0.3 is 0 Å². The van der Waals surface area contributed by atoms with E-state index in [4.69, 9.17) is 4.74 Å². The summed E-state index contributed by atoms with van der Waals surface area (Å²) in [7, 11) is 1.79. The van der Waals surface area contributed by atoms with Gasteiger partial charge in [0.05, 0.1) is 13.2 Å². The van der Waals surface area contributed by atoms with Gasteiger partial charge in [0.1, 0.15) is 11.6 Å². The lowest BCUT2D eigenvalue weighted by atomic mass is 10.1. The smallest absolute Gasteiger partial charge is 0.191 e. The molecule has 3 rings (SSSR count). The van der Waals surface area contributed by atoms with Gasteiger partial charge in [0.15, 0.2) is 11.8 Å². The van der Waals surface area contributed by atoms with Gasteiger partial charge in [0.2, 0.25) is 0 Å². The summed E-state index contributed by atoms with van der Waals surface area (Å²) in [5.41, 5.74) is 2.34. The number of nitrogens with one attached hydrogen (secondary N) is 2. The Morgan fingerprint density at radius 1 is 1.13 bits per heavy atom. The third-order valence-corrected chi connectivity index (χ3v) is 5.50. The summed E-state index contributed by atoms with van der Waals surface area (Å²) in [6, 6.07) is 6.37. The minimum absolute atomic E-state index is 0. The summed E-state index contributed by atoms with van der Waals surface area (Å²) in [4.78, 5) is 4.36. The number of unbranched alkanes of at least 4 members (excludes halogenated alkanes) is 2. The van der Waals surface area contributed by atoms with E-state index in [1.165, 1.54) is 37.7 Å². The lowest BCUT2D eigenvalue weighted by Gasteiger charge is -2.16. The largest absolute Gasteiger partial charge is 0.493 e. The first kappa shape index (κ1) is 25.4. The standard InChI is InChI=1S/C23H36N6O.HI/c1-4-5-9-14-30-20-15-18(2)11-12-19(20)16-25-23(24-3)26-17-22-28-27-21-10-7-6-8-13-29(21)22;/h11-12,15H,4-10,13-14,16-17H2,1-3H3,(H2,24,25,26);1H. The van der Waals surface area contributed by atoms with Gasteiger partial charge in [-0.05, 0) is 37.8 Å². The van der Waals surface area contributed by atoms with Gasteiger partial charge < -0.3 is 19.9 Å². The fourth-order valence-corrected chi connectivity index (χ4v) is 3.71. The first-order valence-electron chi connectivity index (χ1n) is 11.3. The van der Waals surface area contributed by atoms with Crippen molar-refractivity contribution in [1.82, 2.24) is 25.4 Å². The molecule has 0 spiro atoms. The Morgan fingerprint density at radius 3 is 2.77 bits per heavy atom. The minimum atomic E-state index is 0. The van der Waals surface area contributed by atoms with E-state index in [9.17, 15) is 0 Å². The molecule has 2 heterocycles. The molecule has 0 saturated carbocycles. The average molecular weight is 540 g/mol. The molecule has 172 valence electrons. The number of halogens is 1. The van der Waals surface area contributed by atoms with Gasteiger partial charge in [-0.3, -0.25) is 4.99 Å². The summed E-state index contributed by atoms with van der Waals surface area (Å²) in [5, 5.41) is 15.5. The molecule has 0 atom stereocenters. The Morgan fingerprint density at radius 2 is 1.97 bits per heavy atom. The van der Waals surface area contributed by atoms with Crippen LogP contribution in [0.5, 0.6) is 5.75 Å². The number of guanidine groups is 1. The number of ether oxygens (including phenoxy) is 1. The number of aryl methyl sites for hydroxylation is 2. The number of hydrogen-bond donors (Lipinski definition) is 2. The molecule has 2 aromatic rings. The second-order valence-electron chi connectivity index (χ2n) is 7.94. The van der Waals surface area contributed by atoms with Crippen molar-refractivity contribution < 1.29 is 4.74 Å². The molecule has 2 N–H and O–H groups in total. The number of nitrogens with zero attached hydrogens (tertiary/aromatic N) is 4. The van der Waals surface area contributed by atoms with E-state index < -0.39 is 0 Å². The highest BCUT2D eigenvalue weighted by molar-refractivity contribution is 14.0. The van der Waals surface area contributed by atoms with Crippen LogP contribution in [0.25, 0.3) is 0 Å². The highest BCUT2D eigenvalue weighted by atomic mass is 127. The second kappa shape index (κ2) is 13.5. The Kier molecular flexibility index (Phi) is 11.1. The summed E-state index contributed by atoms with van der Waals surface area (Å²) >= 11 is 0. The molecule has 0 fully saturated rings. The fourth-order valence-electron chi connectivity index (χ4n) is 3.71. The number of aromatic nitrogens is 3. The van der Waals surface area contributed by atoms with Crippen molar-refractivity contribution in [1.29, 1.82) is 0 Å². The van der Waals surface area contributed by atoms with E-state index in [0.717, 1.165) is 54.9 Å². The van der Waals surface area contributed by atoms with Crippen LogP contribution in [0.1, 0.15) is 68.2 Å². The summed E-state index contributed by atoms with van der Waals surface area (Å²) in [6.45, 7) is 7.33. The SMILES string of the molecule is CCCCCOc1cc(C)ccc1CNC(=NC)NCc1nnc2n1CCCCC2.I. The van der Waals surface area contributed by atoms with Gasteiger partial charge in [-0.25, -0.2) is 0 Å². The molecule has 0 radical (unpaired) electrons. The van der Waals surface area contributed by atoms with Crippen LogP contribution >= 0.6 is 24.0 Å². The average Bonchev–Trinajstić information content (AvgIpc) is 2.98. The number of rotatable bonds is 9. The number of aliphatic imine (C=N–C) groups is 1. The molecule has 1 aliphatic heterocycles. The van der Waals surface area contributed by atoms with Crippen LogP contribution in [0.4, 0.5) is 0 Å². The molecule has 0 bridgehead atoms. The molecular weight excluding hydrogens is 503 g/mol. The van der Waals surface area contributed by atoms with Gasteiger partial charge in [-0.1, -0.05) is 38.3 Å². The molecule has 0 aliphatic carbocycles. The van der Waals surface area contributed by atoms with Crippen LogP contribution in [0.2, 0.25) is 0 Å². The van der Waals surface area contributed by atoms with Gasteiger partial charge in [-0.2, -0.15) is 0 Å². The maximum atomic E-state index is 6.06. The predicted molar refractivity (Wildman–Crippen MR) is 136 cm³/mol. The molecule has 0 saturated heterocycles. The Labute approximate surface area is 203 Å². The fraction of sp³-hybridized carbons (Fsp3) is 0.609. The first-order valence-corrected chi connectivity index (χ1v) is 11.3. The molecular formula is C23H37IN6O. The van der Waals surface area contributed by atoms with Crippen molar-refractivity contribution in [3.63, 3.8) is 0 Å². The van der Waals surface area contributed by atoms with Gasteiger partial charge in [0, 0.05) is 32.1 Å². The van der Waals surface area contributed by atoms with Crippen molar-refractivity contribution in [2.75, 3.05) is 13.7 Å². The first-order chi connectivity index (χ1) is 14.7. The molecule has 8 heteroatoms. The Balaban J connectivity index is 0.00000341. The molecule has 7 nitrogen and oxygen atoms in total. The van der Waals surface area contributed by atoms with Crippen LogP contribution < -0.4 is 15.4 Å². The molecule has 1 aliphatic rings. The van der Waals surface area contributed by atoms with Crippen molar-refractivity contribution in [3.05, 3.63) is 41.0 Å².